The molecule has 1 fully saturated rings. The van der Waals surface area contributed by atoms with Crippen LogP contribution in [0.15, 0.2) is 51.5 Å². The van der Waals surface area contributed by atoms with Gasteiger partial charge in [0.05, 0.1) is 12.3 Å². The van der Waals surface area contributed by atoms with Gasteiger partial charge in [-0.05, 0) is 49.6 Å². The number of carbonyl (C=O) groups is 1. The van der Waals surface area contributed by atoms with Crippen molar-refractivity contribution in [3.05, 3.63) is 53.9 Å². The summed E-state index contributed by atoms with van der Waals surface area (Å²) in [5, 5.41) is 12.4. The second kappa shape index (κ2) is 9.73. The highest BCUT2D eigenvalue weighted by molar-refractivity contribution is 5.79. The van der Waals surface area contributed by atoms with E-state index in [1.54, 1.807) is 31.2 Å². The van der Waals surface area contributed by atoms with Gasteiger partial charge in [0.1, 0.15) is 11.8 Å². The zero-order valence-electron chi connectivity index (χ0n) is 17.8. The third-order valence-electron chi connectivity index (χ3n) is 5.54. The lowest BCUT2D eigenvalue weighted by molar-refractivity contribution is -0.126. The first-order valence-electron chi connectivity index (χ1n) is 10.5. The average molecular weight is 456 g/mol. The number of anilines is 1. The topological polar surface area (TPSA) is 105 Å². The fourth-order valence-electron chi connectivity index (χ4n) is 3.82. The van der Waals surface area contributed by atoms with E-state index in [2.05, 4.69) is 15.0 Å². The maximum atomic E-state index is 12.8. The minimum atomic E-state index is -2.91. The number of nitrogens with zero attached hydrogens (tertiary/aromatic N) is 3. The van der Waals surface area contributed by atoms with Crippen molar-refractivity contribution in [1.82, 2.24) is 10.3 Å². The fourth-order valence-corrected chi connectivity index (χ4v) is 3.82. The van der Waals surface area contributed by atoms with Gasteiger partial charge in [0.25, 0.3) is 5.89 Å². The van der Waals surface area contributed by atoms with Crippen molar-refractivity contribution >= 4 is 11.8 Å². The van der Waals surface area contributed by atoms with E-state index in [1.807, 2.05) is 11.0 Å². The van der Waals surface area contributed by atoms with Gasteiger partial charge < -0.3 is 23.8 Å². The minimum absolute atomic E-state index is 0.0474. The minimum Gasteiger partial charge on any atom is -0.459 e. The van der Waals surface area contributed by atoms with Crippen LogP contribution in [0.1, 0.15) is 37.1 Å². The van der Waals surface area contributed by atoms with Gasteiger partial charge in [0, 0.05) is 19.0 Å². The Labute approximate surface area is 188 Å². The number of nitrogens with one attached hydrogen (secondary N) is 1. The molecule has 0 bridgehead atoms. The summed E-state index contributed by atoms with van der Waals surface area (Å²) >= 11 is 0. The van der Waals surface area contributed by atoms with E-state index in [-0.39, 0.29) is 35.2 Å². The van der Waals surface area contributed by atoms with E-state index in [9.17, 15) is 18.8 Å². The Hall–Kier alpha value is -3.87. The Morgan fingerprint density at radius 1 is 1.30 bits per heavy atom. The quantitative estimate of drug-likeness (QED) is 0.558. The van der Waals surface area contributed by atoms with E-state index in [0.29, 0.717) is 43.1 Å². The summed E-state index contributed by atoms with van der Waals surface area (Å²) in [6.07, 6.45) is 2.63. The van der Waals surface area contributed by atoms with Crippen LogP contribution >= 0.6 is 0 Å². The molecule has 3 heterocycles. The number of nitriles is 1. The largest absolute Gasteiger partial charge is 0.459 e. The molecular formula is C23H22F2N4O4. The number of ether oxygens (including phenoxy) is 1. The molecule has 1 aliphatic rings. The summed E-state index contributed by atoms with van der Waals surface area (Å²) in [7, 11) is 0. The molecule has 1 saturated heterocycles. The van der Waals surface area contributed by atoms with Crippen LogP contribution in [-0.2, 0) is 4.79 Å². The van der Waals surface area contributed by atoms with Gasteiger partial charge in [-0.15, -0.1) is 0 Å². The molecule has 33 heavy (non-hydrogen) atoms. The Kier molecular flexibility index (Phi) is 6.58. The first-order valence-corrected chi connectivity index (χ1v) is 10.5. The molecule has 2 aromatic heterocycles. The maximum Gasteiger partial charge on any atom is 0.387 e. The predicted molar refractivity (Wildman–Crippen MR) is 113 cm³/mol. The monoisotopic (exact) mass is 456 g/mol. The first-order chi connectivity index (χ1) is 15.9. The molecule has 0 saturated carbocycles. The third kappa shape index (κ3) is 5.14. The summed E-state index contributed by atoms with van der Waals surface area (Å²) in [4.78, 5) is 18.9. The van der Waals surface area contributed by atoms with Crippen LogP contribution in [0.5, 0.6) is 5.75 Å². The highest BCUT2D eigenvalue weighted by Crippen LogP contribution is 2.31. The van der Waals surface area contributed by atoms with Gasteiger partial charge in [-0.1, -0.05) is 12.1 Å². The Bertz CT molecular complexity index is 1130. The zero-order valence-corrected chi connectivity index (χ0v) is 17.8. The number of carbonyl (C=O) groups excluding carboxylic acids is 1. The van der Waals surface area contributed by atoms with Crippen LogP contribution < -0.4 is 15.0 Å². The van der Waals surface area contributed by atoms with E-state index < -0.39 is 6.61 Å². The number of halogens is 2. The van der Waals surface area contributed by atoms with Gasteiger partial charge in [-0.25, -0.2) is 0 Å². The van der Waals surface area contributed by atoms with E-state index in [0.717, 1.165) is 0 Å². The predicted octanol–water partition coefficient (Wildman–Crippen LogP) is 4.50. The average Bonchev–Trinajstić information content (AvgIpc) is 3.49. The molecule has 4 rings (SSSR count). The van der Waals surface area contributed by atoms with E-state index >= 15 is 0 Å². The lowest BCUT2D eigenvalue weighted by Crippen LogP contribution is -2.41. The standard InChI is InChI=1S/C23H22F2N4O4/c1-14(16-4-2-5-17(12-16)32-23(24)25)27-20(30)15-7-9-29(10-8-15)22-18(13-26)28-21(33-22)19-6-3-11-31-19/h2-6,11-12,14-15,23H,7-10H2,1H3,(H,27,30). The molecular weight excluding hydrogens is 434 g/mol. The SMILES string of the molecule is CC(NC(=O)C1CCN(c2oc(-c3ccco3)nc2C#N)CC1)c1cccc(OC(F)F)c1. The number of furan rings is 1. The second-order valence-electron chi connectivity index (χ2n) is 7.70. The van der Waals surface area contributed by atoms with Crippen molar-refractivity contribution < 1.29 is 27.1 Å². The van der Waals surface area contributed by atoms with Crippen LogP contribution in [0.4, 0.5) is 14.7 Å². The number of benzene rings is 1. The molecule has 8 nitrogen and oxygen atoms in total. The smallest absolute Gasteiger partial charge is 0.387 e. The van der Waals surface area contributed by atoms with Crippen LogP contribution in [0.2, 0.25) is 0 Å². The number of alkyl halides is 2. The number of amides is 1. The number of hydrogen-bond acceptors (Lipinski definition) is 7. The molecule has 0 aliphatic carbocycles. The van der Waals surface area contributed by atoms with Crippen LogP contribution in [0.3, 0.4) is 0 Å². The van der Waals surface area contributed by atoms with Gasteiger partial charge in [-0.3, -0.25) is 4.79 Å². The van der Waals surface area contributed by atoms with Crippen molar-refractivity contribution in [1.29, 1.82) is 5.26 Å². The van der Waals surface area contributed by atoms with Crippen molar-refractivity contribution in [2.24, 2.45) is 5.92 Å². The van der Waals surface area contributed by atoms with Crippen molar-refractivity contribution in [3.63, 3.8) is 0 Å². The number of hydrogen-bond donors (Lipinski definition) is 1. The molecule has 3 aromatic rings. The highest BCUT2D eigenvalue weighted by atomic mass is 19.3. The zero-order chi connectivity index (χ0) is 23.4. The fraction of sp³-hybridized carbons (Fsp3) is 0.348. The van der Waals surface area contributed by atoms with Crippen LogP contribution in [0.25, 0.3) is 11.7 Å². The molecule has 1 atom stereocenters. The van der Waals surface area contributed by atoms with Crippen LogP contribution in [-0.4, -0.2) is 30.6 Å². The molecule has 1 amide bonds. The van der Waals surface area contributed by atoms with Crippen LogP contribution in [0, 0.1) is 17.2 Å². The maximum absolute atomic E-state index is 12.8. The summed E-state index contributed by atoms with van der Waals surface area (Å²) in [5.41, 5.74) is 0.841. The molecule has 10 heteroatoms. The van der Waals surface area contributed by atoms with E-state index in [4.69, 9.17) is 8.83 Å². The van der Waals surface area contributed by atoms with Crippen molar-refractivity contribution in [2.75, 3.05) is 18.0 Å². The lowest BCUT2D eigenvalue weighted by Gasteiger charge is -2.31. The Morgan fingerprint density at radius 3 is 2.76 bits per heavy atom. The molecule has 172 valence electrons. The third-order valence-corrected chi connectivity index (χ3v) is 5.54. The number of piperidine rings is 1. The summed E-state index contributed by atoms with van der Waals surface area (Å²) < 4.78 is 40.4. The second-order valence-corrected chi connectivity index (χ2v) is 7.70. The normalized spacial score (nSPS) is 15.3. The van der Waals surface area contributed by atoms with Gasteiger partial charge in [0.2, 0.25) is 17.5 Å². The van der Waals surface area contributed by atoms with Crippen molar-refractivity contribution in [3.8, 4) is 23.5 Å². The summed E-state index contributed by atoms with van der Waals surface area (Å²) in [6, 6.07) is 11.4. The molecule has 1 unspecified atom stereocenters. The van der Waals surface area contributed by atoms with Gasteiger partial charge in [0.15, 0.2) is 5.76 Å². The molecule has 0 spiro atoms. The molecule has 1 aromatic carbocycles. The van der Waals surface area contributed by atoms with Gasteiger partial charge >= 0.3 is 6.61 Å². The van der Waals surface area contributed by atoms with Crippen molar-refractivity contribution in [2.45, 2.75) is 32.4 Å². The van der Waals surface area contributed by atoms with Gasteiger partial charge in [-0.2, -0.15) is 19.0 Å². The number of aromatic nitrogens is 1. The highest BCUT2D eigenvalue weighted by Gasteiger charge is 2.30. The first kappa shape index (κ1) is 22.3. The summed E-state index contributed by atoms with van der Waals surface area (Å²) in [6.45, 7) is -0.0770. The number of oxazole rings is 1. The molecule has 1 aliphatic heterocycles. The Morgan fingerprint density at radius 2 is 2.09 bits per heavy atom. The Balaban J connectivity index is 1.35. The summed E-state index contributed by atoms with van der Waals surface area (Å²) in [5.74, 6) is 0.749. The molecule has 1 N–H and O–H groups in total. The lowest BCUT2D eigenvalue weighted by atomic mass is 9.95. The number of rotatable bonds is 7. The van der Waals surface area contributed by atoms with E-state index in [1.165, 1.54) is 18.4 Å². The molecule has 0 radical (unpaired) electrons.